The van der Waals surface area contributed by atoms with E-state index in [-0.39, 0.29) is 19.1 Å². The normalized spacial score (nSPS) is 16.5. The minimum absolute atomic E-state index is 0.213. The Morgan fingerprint density at radius 2 is 1.91 bits per heavy atom. The Morgan fingerprint density at radius 1 is 1.27 bits per heavy atom. The number of anilines is 1. The molecule has 0 saturated heterocycles. The van der Waals surface area contributed by atoms with Crippen molar-refractivity contribution in [2.45, 2.75) is 33.2 Å². The molecular formula is C14H20ClN2O4P. The largest absolute Gasteiger partial charge is 0.531 e. The first kappa shape index (κ1) is 17.3. The van der Waals surface area contributed by atoms with E-state index in [9.17, 15) is 4.57 Å². The molecule has 1 aromatic carbocycles. The molecule has 0 atom stereocenters. The molecule has 6 nitrogen and oxygen atoms in total. The highest BCUT2D eigenvalue weighted by Gasteiger charge is 2.38. The number of halogens is 1. The van der Waals surface area contributed by atoms with Crippen LogP contribution in [0.2, 0.25) is 5.02 Å². The highest BCUT2D eigenvalue weighted by Crippen LogP contribution is 2.51. The predicted molar refractivity (Wildman–Crippen MR) is 88.2 cm³/mol. The summed E-state index contributed by atoms with van der Waals surface area (Å²) in [5, 5.41) is 3.87. The third-order valence-corrected chi connectivity index (χ3v) is 4.72. The van der Waals surface area contributed by atoms with E-state index < -0.39 is 13.4 Å². The maximum Gasteiger partial charge on any atom is 0.531 e. The summed E-state index contributed by atoms with van der Waals surface area (Å²) >= 11 is 5.99. The molecule has 22 heavy (non-hydrogen) atoms. The molecule has 8 heteroatoms. The van der Waals surface area contributed by atoms with Crippen LogP contribution in [0.4, 0.5) is 11.4 Å². The molecule has 0 unspecified atom stereocenters. The summed E-state index contributed by atoms with van der Waals surface area (Å²) in [7, 11) is -3.69. The fourth-order valence-corrected chi connectivity index (χ4v) is 3.46. The van der Waals surface area contributed by atoms with Crippen molar-refractivity contribution in [2.24, 2.45) is 4.99 Å². The van der Waals surface area contributed by atoms with Crippen LogP contribution in [0.5, 0.6) is 0 Å². The van der Waals surface area contributed by atoms with Crippen molar-refractivity contribution in [1.29, 1.82) is 0 Å². The SMILES string of the molecule is CCOP(=O)(OCC)OC1=Nc2ccc(Cl)cc2NC1(C)C. The molecule has 1 N–H and O–H groups in total. The Kier molecular flexibility index (Phi) is 5.17. The third kappa shape index (κ3) is 3.82. The van der Waals surface area contributed by atoms with Gasteiger partial charge in [0.05, 0.1) is 24.6 Å². The molecule has 122 valence electrons. The van der Waals surface area contributed by atoms with Crippen LogP contribution in [0.3, 0.4) is 0 Å². The highest BCUT2D eigenvalue weighted by molar-refractivity contribution is 7.49. The quantitative estimate of drug-likeness (QED) is 0.777. The van der Waals surface area contributed by atoms with E-state index in [1.165, 1.54) is 0 Å². The number of hydrogen-bond acceptors (Lipinski definition) is 6. The minimum atomic E-state index is -3.69. The van der Waals surface area contributed by atoms with Crippen LogP contribution in [-0.2, 0) is 18.1 Å². The number of aliphatic imine (C=N–C) groups is 1. The lowest BCUT2D eigenvalue weighted by atomic mass is 10.0. The summed E-state index contributed by atoms with van der Waals surface area (Å²) in [4.78, 5) is 4.43. The van der Waals surface area contributed by atoms with Crippen LogP contribution in [0.15, 0.2) is 23.2 Å². The van der Waals surface area contributed by atoms with E-state index in [0.29, 0.717) is 10.7 Å². The number of nitrogens with zero attached hydrogens (tertiary/aromatic N) is 1. The van der Waals surface area contributed by atoms with E-state index in [2.05, 4.69) is 10.3 Å². The molecule has 0 aliphatic carbocycles. The molecule has 0 fully saturated rings. The van der Waals surface area contributed by atoms with Gasteiger partial charge in [0, 0.05) is 5.02 Å². The first-order valence-electron chi connectivity index (χ1n) is 7.05. The van der Waals surface area contributed by atoms with E-state index in [1.54, 1.807) is 32.0 Å². The van der Waals surface area contributed by atoms with Gasteiger partial charge >= 0.3 is 7.82 Å². The Bertz CT molecular complexity index is 623. The van der Waals surface area contributed by atoms with Gasteiger partial charge in [0.15, 0.2) is 0 Å². The van der Waals surface area contributed by atoms with Crippen molar-refractivity contribution in [3.05, 3.63) is 23.2 Å². The van der Waals surface area contributed by atoms with E-state index in [4.69, 9.17) is 25.2 Å². The van der Waals surface area contributed by atoms with Crippen LogP contribution in [0.1, 0.15) is 27.7 Å². The van der Waals surface area contributed by atoms with Gasteiger partial charge in [-0.2, -0.15) is 0 Å². The zero-order valence-corrected chi connectivity index (χ0v) is 14.7. The molecule has 1 heterocycles. The third-order valence-electron chi connectivity index (χ3n) is 2.94. The second-order valence-corrected chi connectivity index (χ2v) is 7.23. The molecule has 1 aliphatic rings. The van der Waals surface area contributed by atoms with E-state index in [1.807, 2.05) is 13.8 Å². The second kappa shape index (κ2) is 6.59. The minimum Gasteiger partial charge on any atom is -0.387 e. The number of phosphoric acid groups is 1. The molecular weight excluding hydrogens is 327 g/mol. The Hall–Kier alpha value is -1.07. The Morgan fingerprint density at radius 3 is 2.50 bits per heavy atom. The van der Waals surface area contributed by atoms with Gasteiger partial charge in [0.2, 0.25) is 5.90 Å². The van der Waals surface area contributed by atoms with Crippen LogP contribution in [0.25, 0.3) is 0 Å². The van der Waals surface area contributed by atoms with E-state index in [0.717, 1.165) is 5.69 Å². The molecule has 0 amide bonds. The maximum atomic E-state index is 12.5. The van der Waals surface area contributed by atoms with Gasteiger partial charge in [-0.1, -0.05) is 11.6 Å². The second-order valence-electron chi connectivity index (χ2n) is 5.20. The van der Waals surface area contributed by atoms with Gasteiger partial charge in [-0.05, 0) is 45.9 Å². The van der Waals surface area contributed by atoms with Crippen molar-refractivity contribution in [3.63, 3.8) is 0 Å². The van der Waals surface area contributed by atoms with Gasteiger partial charge in [-0.15, -0.1) is 0 Å². The fraction of sp³-hybridized carbons (Fsp3) is 0.500. The highest BCUT2D eigenvalue weighted by atomic mass is 35.5. The van der Waals surface area contributed by atoms with Crippen molar-refractivity contribution < 1.29 is 18.1 Å². The van der Waals surface area contributed by atoms with Crippen LogP contribution in [-0.4, -0.2) is 24.7 Å². The van der Waals surface area contributed by atoms with Gasteiger partial charge in [-0.25, -0.2) is 9.56 Å². The lowest BCUT2D eigenvalue weighted by Gasteiger charge is -2.34. The van der Waals surface area contributed by atoms with Crippen LogP contribution < -0.4 is 5.32 Å². The van der Waals surface area contributed by atoms with Gasteiger partial charge in [0.1, 0.15) is 5.54 Å². The maximum absolute atomic E-state index is 12.5. The molecule has 0 radical (unpaired) electrons. The van der Waals surface area contributed by atoms with E-state index >= 15 is 0 Å². The number of benzene rings is 1. The summed E-state index contributed by atoms with van der Waals surface area (Å²) in [6.45, 7) is 7.59. The molecule has 2 rings (SSSR count). The number of rotatable bonds is 5. The zero-order chi connectivity index (χ0) is 16.4. The first-order valence-corrected chi connectivity index (χ1v) is 8.89. The average Bonchev–Trinajstić information content (AvgIpc) is 2.40. The van der Waals surface area contributed by atoms with Crippen LogP contribution in [0, 0.1) is 0 Å². The summed E-state index contributed by atoms with van der Waals surface area (Å²) < 4.78 is 28.4. The smallest absolute Gasteiger partial charge is 0.387 e. The molecule has 0 aromatic heterocycles. The monoisotopic (exact) mass is 346 g/mol. The van der Waals surface area contributed by atoms with Gasteiger partial charge < -0.3 is 9.84 Å². The Balaban J connectivity index is 2.36. The predicted octanol–water partition coefficient (Wildman–Crippen LogP) is 4.77. The number of nitrogens with one attached hydrogen (secondary N) is 1. The zero-order valence-electron chi connectivity index (χ0n) is 13.1. The van der Waals surface area contributed by atoms with Gasteiger partial charge in [0.25, 0.3) is 0 Å². The molecule has 1 aliphatic heterocycles. The van der Waals surface area contributed by atoms with Crippen molar-refractivity contribution >= 4 is 36.7 Å². The standard InChI is InChI=1S/C14H20ClN2O4P/c1-5-19-22(18,20-6-2)21-13-14(3,4)17-12-9-10(15)7-8-11(12)16-13/h7-9,17H,5-6H2,1-4H3. The summed E-state index contributed by atoms with van der Waals surface area (Å²) in [5.41, 5.74) is 0.757. The molecule has 0 spiro atoms. The number of hydrogen-bond donors (Lipinski definition) is 1. The summed E-state index contributed by atoms with van der Waals surface area (Å²) in [6.07, 6.45) is 0. The molecule has 0 saturated carbocycles. The summed E-state index contributed by atoms with van der Waals surface area (Å²) in [5.74, 6) is 0.243. The number of phosphoric ester groups is 1. The average molecular weight is 347 g/mol. The number of fused-ring (bicyclic) bond motifs is 1. The van der Waals surface area contributed by atoms with Crippen molar-refractivity contribution in [1.82, 2.24) is 0 Å². The lowest BCUT2D eigenvalue weighted by molar-refractivity contribution is 0.161. The van der Waals surface area contributed by atoms with Crippen LogP contribution >= 0.6 is 19.4 Å². The first-order chi connectivity index (χ1) is 10.3. The Labute approximate surface area is 135 Å². The molecule has 1 aromatic rings. The lowest BCUT2D eigenvalue weighted by Crippen LogP contribution is -2.43. The topological polar surface area (TPSA) is 69.2 Å². The molecule has 0 bridgehead atoms. The fourth-order valence-electron chi connectivity index (χ4n) is 1.99. The summed E-state index contributed by atoms with van der Waals surface area (Å²) in [6, 6.07) is 5.27. The van der Waals surface area contributed by atoms with Crippen molar-refractivity contribution in [3.8, 4) is 0 Å². The van der Waals surface area contributed by atoms with Crippen molar-refractivity contribution in [2.75, 3.05) is 18.5 Å². The van der Waals surface area contributed by atoms with Gasteiger partial charge in [-0.3, -0.25) is 9.05 Å².